The van der Waals surface area contributed by atoms with E-state index in [0.717, 1.165) is 24.8 Å². The van der Waals surface area contributed by atoms with Crippen LogP contribution in [0.5, 0.6) is 0 Å². The summed E-state index contributed by atoms with van der Waals surface area (Å²) in [7, 11) is 1.56. The first kappa shape index (κ1) is 12.1. The van der Waals surface area contributed by atoms with E-state index in [4.69, 9.17) is 10.5 Å². The molecule has 1 aliphatic carbocycles. The lowest BCUT2D eigenvalue weighted by molar-refractivity contribution is -0.154. The standard InChI is InChI=1S/C14H19NO2/c1-13(17-2,12(15)16)14(9-6-10-14)11-7-4-3-5-8-11/h3-5,7-8H,6,9-10H2,1-2H3,(H2,15,16). The summed E-state index contributed by atoms with van der Waals surface area (Å²) in [4.78, 5) is 11.8. The Hall–Kier alpha value is -1.35. The number of ether oxygens (including phenoxy) is 1. The molecule has 1 fully saturated rings. The average molecular weight is 233 g/mol. The van der Waals surface area contributed by atoms with Gasteiger partial charge in [-0.3, -0.25) is 4.79 Å². The molecule has 0 saturated heterocycles. The highest BCUT2D eigenvalue weighted by molar-refractivity contribution is 5.85. The van der Waals surface area contributed by atoms with Crippen LogP contribution in [-0.2, 0) is 14.9 Å². The van der Waals surface area contributed by atoms with Crippen LogP contribution in [0.25, 0.3) is 0 Å². The van der Waals surface area contributed by atoms with Crippen LogP contribution in [0, 0.1) is 0 Å². The molecule has 0 aliphatic heterocycles. The SMILES string of the molecule is COC(C)(C(N)=O)C1(c2ccccc2)CCC1. The molecule has 1 aromatic carbocycles. The fourth-order valence-electron chi connectivity index (χ4n) is 2.86. The second-order valence-corrected chi connectivity index (χ2v) is 4.90. The molecule has 92 valence electrons. The van der Waals surface area contributed by atoms with Crippen molar-refractivity contribution in [1.29, 1.82) is 0 Å². The van der Waals surface area contributed by atoms with Gasteiger partial charge in [0.2, 0.25) is 5.91 Å². The van der Waals surface area contributed by atoms with Crippen molar-refractivity contribution >= 4 is 5.91 Å². The fourth-order valence-corrected chi connectivity index (χ4v) is 2.86. The number of primary amides is 1. The number of nitrogens with two attached hydrogens (primary N) is 1. The van der Waals surface area contributed by atoms with Gasteiger partial charge < -0.3 is 10.5 Å². The molecule has 1 aliphatic rings. The van der Waals surface area contributed by atoms with Crippen LogP contribution < -0.4 is 5.73 Å². The van der Waals surface area contributed by atoms with Gasteiger partial charge in [0.15, 0.2) is 5.60 Å². The van der Waals surface area contributed by atoms with Gasteiger partial charge >= 0.3 is 0 Å². The first-order valence-corrected chi connectivity index (χ1v) is 5.97. The van der Waals surface area contributed by atoms with Gasteiger partial charge in [-0.15, -0.1) is 0 Å². The molecule has 1 amide bonds. The van der Waals surface area contributed by atoms with Gasteiger partial charge in [-0.05, 0) is 25.3 Å². The first-order valence-electron chi connectivity index (χ1n) is 5.97. The van der Waals surface area contributed by atoms with Crippen molar-refractivity contribution in [2.24, 2.45) is 5.73 Å². The van der Waals surface area contributed by atoms with Gasteiger partial charge in [0.25, 0.3) is 0 Å². The first-order chi connectivity index (χ1) is 8.07. The third-order valence-electron chi connectivity index (χ3n) is 4.33. The maximum Gasteiger partial charge on any atom is 0.250 e. The number of hydrogen-bond donors (Lipinski definition) is 1. The van der Waals surface area contributed by atoms with Crippen LogP contribution in [-0.4, -0.2) is 18.6 Å². The van der Waals surface area contributed by atoms with E-state index in [1.54, 1.807) is 7.11 Å². The van der Waals surface area contributed by atoms with Crippen molar-refractivity contribution in [2.75, 3.05) is 7.11 Å². The number of amides is 1. The van der Waals surface area contributed by atoms with E-state index in [-0.39, 0.29) is 11.3 Å². The molecule has 0 heterocycles. The average Bonchev–Trinajstić information content (AvgIpc) is 2.28. The van der Waals surface area contributed by atoms with Gasteiger partial charge in [0.05, 0.1) is 0 Å². The number of rotatable bonds is 4. The minimum absolute atomic E-state index is 0.255. The van der Waals surface area contributed by atoms with Gasteiger partial charge in [-0.1, -0.05) is 36.8 Å². The molecule has 3 heteroatoms. The lowest BCUT2D eigenvalue weighted by Gasteiger charge is -2.52. The van der Waals surface area contributed by atoms with E-state index < -0.39 is 5.60 Å². The summed E-state index contributed by atoms with van der Waals surface area (Å²) in [5, 5.41) is 0. The number of carbonyl (C=O) groups is 1. The van der Waals surface area contributed by atoms with Crippen molar-refractivity contribution in [3.8, 4) is 0 Å². The number of carbonyl (C=O) groups excluding carboxylic acids is 1. The molecule has 2 N–H and O–H groups in total. The van der Waals surface area contributed by atoms with E-state index in [1.165, 1.54) is 0 Å². The molecule has 0 aromatic heterocycles. The van der Waals surface area contributed by atoms with E-state index in [9.17, 15) is 4.79 Å². The van der Waals surface area contributed by atoms with E-state index >= 15 is 0 Å². The maximum atomic E-state index is 11.8. The van der Waals surface area contributed by atoms with Crippen molar-refractivity contribution < 1.29 is 9.53 Å². The molecule has 1 unspecified atom stereocenters. The third-order valence-corrected chi connectivity index (χ3v) is 4.33. The Kier molecular flexibility index (Phi) is 2.96. The molecule has 1 saturated carbocycles. The normalized spacial score (nSPS) is 21.3. The van der Waals surface area contributed by atoms with Crippen molar-refractivity contribution in [2.45, 2.75) is 37.2 Å². The smallest absolute Gasteiger partial charge is 0.250 e. The molecule has 2 rings (SSSR count). The van der Waals surface area contributed by atoms with Crippen LogP contribution in [0.2, 0.25) is 0 Å². The lowest BCUT2D eigenvalue weighted by Crippen LogP contribution is -2.62. The summed E-state index contributed by atoms with van der Waals surface area (Å²) in [6, 6.07) is 10.1. The highest BCUT2D eigenvalue weighted by Gasteiger charge is 2.57. The summed E-state index contributed by atoms with van der Waals surface area (Å²) < 4.78 is 5.49. The third kappa shape index (κ3) is 1.57. The number of methoxy groups -OCH3 is 1. The summed E-state index contributed by atoms with van der Waals surface area (Å²) in [5.41, 5.74) is 5.52. The van der Waals surface area contributed by atoms with Crippen molar-refractivity contribution in [3.63, 3.8) is 0 Å². The van der Waals surface area contributed by atoms with Crippen LogP contribution in [0.3, 0.4) is 0 Å². The van der Waals surface area contributed by atoms with Gasteiger partial charge in [0.1, 0.15) is 0 Å². The highest BCUT2D eigenvalue weighted by atomic mass is 16.5. The zero-order valence-electron chi connectivity index (χ0n) is 10.4. The van der Waals surface area contributed by atoms with Crippen LogP contribution in [0.1, 0.15) is 31.7 Å². The van der Waals surface area contributed by atoms with Crippen LogP contribution in [0.4, 0.5) is 0 Å². The summed E-state index contributed by atoms with van der Waals surface area (Å²) in [5.74, 6) is -0.386. The van der Waals surface area contributed by atoms with E-state index in [0.29, 0.717) is 0 Å². The fraction of sp³-hybridized carbons (Fsp3) is 0.500. The Labute approximate surface area is 102 Å². The highest BCUT2D eigenvalue weighted by Crippen LogP contribution is 2.52. The quantitative estimate of drug-likeness (QED) is 0.864. The summed E-state index contributed by atoms with van der Waals surface area (Å²) >= 11 is 0. The minimum atomic E-state index is -0.924. The Morgan fingerprint density at radius 1 is 1.35 bits per heavy atom. The topological polar surface area (TPSA) is 52.3 Å². The largest absolute Gasteiger partial charge is 0.368 e. The second kappa shape index (κ2) is 4.15. The molecule has 0 spiro atoms. The molecule has 1 aromatic rings. The van der Waals surface area contributed by atoms with Crippen LogP contribution in [0.15, 0.2) is 30.3 Å². The lowest BCUT2D eigenvalue weighted by atomic mass is 9.55. The van der Waals surface area contributed by atoms with Gasteiger partial charge in [0, 0.05) is 12.5 Å². The van der Waals surface area contributed by atoms with E-state index in [2.05, 4.69) is 12.1 Å². The van der Waals surface area contributed by atoms with E-state index in [1.807, 2.05) is 25.1 Å². The monoisotopic (exact) mass is 233 g/mol. The molecular weight excluding hydrogens is 214 g/mol. The van der Waals surface area contributed by atoms with Crippen molar-refractivity contribution in [3.05, 3.63) is 35.9 Å². The maximum absolute atomic E-state index is 11.8. The Bertz CT molecular complexity index is 411. The zero-order chi connectivity index (χ0) is 12.5. The summed E-state index contributed by atoms with van der Waals surface area (Å²) in [6.07, 6.45) is 3.01. The van der Waals surface area contributed by atoms with Gasteiger partial charge in [-0.25, -0.2) is 0 Å². The Morgan fingerprint density at radius 2 is 1.94 bits per heavy atom. The second-order valence-electron chi connectivity index (χ2n) is 4.90. The molecule has 1 atom stereocenters. The predicted molar refractivity (Wildman–Crippen MR) is 66.6 cm³/mol. The summed E-state index contributed by atoms with van der Waals surface area (Å²) in [6.45, 7) is 1.81. The van der Waals surface area contributed by atoms with Crippen LogP contribution >= 0.6 is 0 Å². The Morgan fingerprint density at radius 3 is 2.29 bits per heavy atom. The minimum Gasteiger partial charge on any atom is -0.368 e. The molecule has 0 bridgehead atoms. The Balaban J connectivity index is 2.48. The number of hydrogen-bond acceptors (Lipinski definition) is 2. The molecule has 17 heavy (non-hydrogen) atoms. The molecule has 0 radical (unpaired) electrons. The van der Waals surface area contributed by atoms with Gasteiger partial charge in [-0.2, -0.15) is 0 Å². The number of benzene rings is 1. The molecular formula is C14H19NO2. The van der Waals surface area contributed by atoms with Crippen molar-refractivity contribution in [1.82, 2.24) is 0 Å². The predicted octanol–water partition coefficient (Wildman–Crippen LogP) is 2.00. The molecule has 3 nitrogen and oxygen atoms in total. The zero-order valence-corrected chi connectivity index (χ0v) is 10.4.